The van der Waals surface area contributed by atoms with Gasteiger partial charge in [-0.25, -0.2) is 4.98 Å². The molecule has 0 aliphatic heterocycles. The fourth-order valence-corrected chi connectivity index (χ4v) is 1.96. The van der Waals surface area contributed by atoms with Crippen molar-refractivity contribution in [2.75, 3.05) is 11.1 Å². The predicted molar refractivity (Wildman–Crippen MR) is 61.9 cm³/mol. The van der Waals surface area contributed by atoms with Gasteiger partial charge in [-0.1, -0.05) is 11.6 Å². The van der Waals surface area contributed by atoms with Gasteiger partial charge in [0.1, 0.15) is 5.82 Å². The third-order valence-electron chi connectivity index (χ3n) is 1.33. The van der Waals surface area contributed by atoms with Crippen LogP contribution in [0.15, 0.2) is 18.3 Å². The Morgan fingerprint density at radius 2 is 2.25 bits per heavy atom. The van der Waals surface area contributed by atoms with Crippen molar-refractivity contribution in [1.29, 1.82) is 0 Å². The van der Waals surface area contributed by atoms with Gasteiger partial charge in [0.25, 0.3) is 0 Å². The maximum atomic E-state index is 11.2. The van der Waals surface area contributed by atoms with E-state index < -0.39 is 20.8 Å². The maximum absolute atomic E-state index is 11.2. The van der Waals surface area contributed by atoms with Crippen molar-refractivity contribution in [3.8, 4) is 0 Å². The van der Waals surface area contributed by atoms with Crippen LogP contribution in [0.1, 0.15) is 0 Å². The Bertz CT molecular complexity index is 474. The van der Waals surface area contributed by atoms with Crippen LogP contribution in [0.5, 0.6) is 0 Å². The van der Waals surface area contributed by atoms with Crippen molar-refractivity contribution >= 4 is 43.3 Å². The highest BCUT2D eigenvalue weighted by Crippen LogP contribution is 2.12. The van der Waals surface area contributed by atoms with E-state index in [1.165, 1.54) is 18.3 Å². The van der Waals surface area contributed by atoms with E-state index in [1.54, 1.807) is 0 Å². The molecule has 0 aliphatic rings. The molecule has 9 heteroatoms. The standard InChI is InChI=1S/C7H7ClN2O4S2/c8-5-1-2-6(9-3-5)10-7(11)4-15-16(12,13)14/h1-3H,4H2,(H,9,10,11)(H,12,13,14). The summed E-state index contributed by atoms with van der Waals surface area (Å²) in [5.41, 5.74) is 0. The van der Waals surface area contributed by atoms with E-state index >= 15 is 0 Å². The van der Waals surface area contributed by atoms with Gasteiger partial charge in [-0.2, -0.15) is 8.42 Å². The van der Waals surface area contributed by atoms with E-state index in [0.717, 1.165) is 0 Å². The minimum Gasteiger partial charge on any atom is -0.310 e. The van der Waals surface area contributed by atoms with E-state index in [-0.39, 0.29) is 16.6 Å². The quantitative estimate of drug-likeness (QED) is 0.636. The van der Waals surface area contributed by atoms with Crippen LogP contribution in [0.4, 0.5) is 5.82 Å². The van der Waals surface area contributed by atoms with E-state index in [4.69, 9.17) is 16.2 Å². The lowest BCUT2D eigenvalue weighted by molar-refractivity contribution is -0.113. The van der Waals surface area contributed by atoms with Crippen molar-refractivity contribution in [2.45, 2.75) is 0 Å². The molecular formula is C7H7ClN2O4S2. The average molecular weight is 283 g/mol. The zero-order valence-electron chi connectivity index (χ0n) is 7.75. The summed E-state index contributed by atoms with van der Waals surface area (Å²) in [5.74, 6) is -0.744. The summed E-state index contributed by atoms with van der Waals surface area (Å²) >= 11 is 5.58. The molecule has 1 rings (SSSR count). The fourth-order valence-electron chi connectivity index (χ4n) is 0.757. The second-order valence-corrected chi connectivity index (χ2v) is 6.39. The molecule has 0 fully saturated rings. The van der Waals surface area contributed by atoms with E-state index in [0.29, 0.717) is 5.02 Å². The zero-order chi connectivity index (χ0) is 12.2. The zero-order valence-corrected chi connectivity index (χ0v) is 10.1. The highest BCUT2D eigenvalue weighted by Gasteiger charge is 2.10. The Hall–Kier alpha value is -0.830. The van der Waals surface area contributed by atoms with Crippen LogP contribution in [0.25, 0.3) is 0 Å². The summed E-state index contributed by atoms with van der Waals surface area (Å²) in [5, 5.41) is 2.76. The Kier molecular flexibility index (Phi) is 4.54. The monoisotopic (exact) mass is 282 g/mol. The molecule has 0 unspecified atom stereocenters. The molecule has 0 saturated carbocycles. The van der Waals surface area contributed by atoms with Gasteiger partial charge in [0.05, 0.1) is 10.8 Å². The first-order valence-corrected chi connectivity index (χ1v) is 7.22. The first-order chi connectivity index (χ1) is 7.37. The van der Waals surface area contributed by atoms with Crippen LogP contribution < -0.4 is 5.32 Å². The van der Waals surface area contributed by atoms with E-state index in [9.17, 15) is 13.2 Å². The Labute approximate surface area is 101 Å². The number of hydrogen-bond donors (Lipinski definition) is 2. The smallest absolute Gasteiger partial charge is 0.310 e. The third-order valence-corrected chi connectivity index (χ3v) is 3.48. The van der Waals surface area contributed by atoms with Crippen molar-refractivity contribution in [1.82, 2.24) is 4.98 Å². The number of carbonyl (C=O) groups is 1. The second kappa shape index (κ2) is 5.48. The lowest BCUT2D eigenvalue weighted by Gasteiger charge is -2.02. The van der Waals surface area contributed by atoms with Crippen LogP contribution >= 0.6 is 22.4 Å². The molecule has 1 heterocycles. The van der Waals surface area contributed by atoms with Crippen molar-refractivity contribution in [3.63, 3.8) is 0 Å². The summed E-state index contributed by atoms with van der Waals surface area (Å²) < 4.78 is 29.1. The van der Waals surface area contributed by atoms with Crippen LogP contribution in [-0.2, 0) is 13.9 Å². The van der Waals surface area contributed by atoms with Crippen molar-refractivity contribution < 1.29 is 17.8 Å². The molecule has 0 saturated heterocycles. The molecule has 2 N–H and O–H groups in total. The Balaban J connectivity index is 2.49. The van der Waals surface area contributed by atoms with E-state index in [2.05, 4.69) is 10.3 Å². The van der Waals surface area contributed by atoms with Gasteiger partial charge in [0.2, 0.25) is 5.91 Å². The Morgan fingerprint density at radius 3 is 2.75 bits per heavy atom. The number of halogens is 1. The summed E-state index contributed by atoms with van der Waals surface area (Å²) in [6, 6.07) is 3.00. The van der Waals surface area contributed by atoms with Crippen LogP contribution in [0.3, 0.4) is 0 Å². The fraction of sp³-hybridized carbons (Fsp3) is 0.143. The lowest BCUT2D eigenvalue weighted by Crippen LogP contribution is -2.16. The molecule has 0 spiro atoms. The molecule has 0 aromatic carbocycles. The number of rotatable bonds is 4. The van der Waals surface area contributed by atoms with Gasteiger partial charge in [0.15, 0.2) is 0 Å². The SMILES string of the molecule is O=C(CSS(=O)(=O)O)Nc1ccc(Cl)cn1. The Morgan fingerprint density at radius 1 is 1.56 bits per heavy atom. The molecular weight excluding hydrogens is 276 g/mol. The molecule has 0 atom stereocenters. The van der Waals surface area contributed by atoms with E-state index in [1.807, 2.05) is 0 Å². The minimum atomic E-state index is -4.20. The first kappa shape index (κ1) is 13.2. The maximum Gasteiger partial charge on any atom is 0.320 e. The van der Waals surface area contributed by atoms with Gasteiger partial charge < -0.3 is 5.32 Å². The number of nitrogens with zero attached hydrogens (tertiary/aromatic N) is 1. The molecule has 0 aliphatic carbocycles. The predicted octanol–water partition coefficient (Wildman–Crippen LogP) is 1.21. The summed E-state index contributed by atoms with van der Waals surface area (Å²) in [4.78, 5) is 14.9. The third kappa shape index (κ3) is 5.31. The lowest BCUT2D eigenvalue weighted by atomic mass is 10.4. The average Bonchev–Trinajstić information content (AvgIpc) is 2.18. The number of aromatic nitrogens is 1. The number of anilines is 1. The second-order valence-electron chi connectivity index (χ2n) is 2.60. The van der Waals surface area contributed by atoms with Crippen LogP contribution in [-0.4, -0.2) is 29.6 Å². The molecule has 16 heavy (non-hydrogen) atoms. The van der Waals surface area contributed by atoms with Gasteiger partial charge in [-0.05, 0) is 12.1 Å². The summed E-state index contributed by atoms with van der Waals surface area (Å²) in [6.07, 6.45) is 1.34. The van der Waals surface area contributed by atoms with Crippen molar-refractivity contribution in [3.05, 3.63) is 23.4 Å². The molecule has 0 bridgehead atoms. The number of carbonyl (C=O) groups excluding carboxylic acids is 1. The topological polar surface area (TPSA) is 96.4 Å². The molecule has 88 valence electrons. The van der Waals surface area contributed by atoms with Crippen molar-refractivity contribution in [2.24, 2.45) is 0 Å². The van der Waals surface area contributed by atoms with Gasteiger partial charge in [-0.3, -0.25) is 9.35 Å². The number of hydrogen-bond acceptors (Lipinski definition) is 5. The number of amides is 1. The first-order valence-electron chi connectivity index (χ1n) is 3.90. The minimum absolute atomic E-state index is 0.126. The van der Waals surface area contributed by atoms with Gasteiger partial charge in [-0.15, -0.1) is 0 Å². The highest BCUT2D eigenvalue weighted by molar-refractivity contribution is 8.70. The van der Waals surface area contributed by atoms with Gasteiger partial charge in [0, 0.05) is 17.0 Å². The molecule has 6 nitrogen and oxygen atoms in total. The normalized spacial score (nSPS) is 11.1. The van der Waals surface area contributed by atoms with Crippen LogP contribution in [0, 0.1) is 0 Å². The number of pyridine rings is 1. The molecule has 0 radical (unpaired) electrons. The summed E-state index contributed by atoms with van der Waals surface area (Å²) in [6.45, 7) is 0. The molecule has 1 aromatic heterocycles. The van der Waals surface area contributed by atoms with Crippen LogP contribution in [0.2, 0.25) is 5.02 Å². The molecule has 1 aromatic rings. The number of nitrogens with one attached hydrogen (secondary N) is 1. The molecule has 1 amide bonds. The summed E-state index contributed by atoms with van der Waals surface area (Å²) in [7, 11) is -4.08. The van der Waals surface area contributed by atoms with Gasteiger partial charge >= 0.3 is 9.15 Å². The highest BCUT2D eigenvalue weighted by atomic mass is 35.5. The largest absolute Gasteiger partial charge is 0.320 e.